The summed E-state index contributed by atoms with van der Waals surface area (Å²) >= 11 is 0. The van der Waals surface area contributed by atoms with E-state index < -0.39 is 0 Å². The number of fused-ring (bicyclic) bond motifs is 2. The Hall–Kier alpha value is -2.81. The zero-order valence-electron chi connectivity index (χ0n) is 15.1. The van der Waals surface area contributed by atoms with Crippen LogP contribution >= 0.6 is 0 Å². The zero-order valence-corrected chi connectivity index (χ0v) is 15.1. The first-order valence-electron chi connectivity index (χ1n) is 9.15. The summed E-state index contributed by atoms with van der Waals surface area (Å²) in [6.07, 6.45) is 7.23. The van der Waals surface area contributed by atoms with Crippen molar-refractivity contribution in [1.82, 2.24) is 24.8 Å². The molecule has 9 heteroatoms. The van der Waals surface area contributed by atoms with E-state index in [0.717, 1.165) is 12.1 Å². The molecule has 4 aliphatic rings. The van der Waals surface area contributed by atoms with Crippen LogP contribution in [0.5, 0.6) is 6.01 Å². The highest BCUT2D eigenvalue weighted by Crippen LogP contribution is 2.40. The molecule has 6 heterocycles. The van der Waals surface area contributed by atoms with E-state index in [1.165, 1.54) is 39.4 Å². The Bertz CT molecular complexity index is 864. The van der Waals surface area contributed by atoms with Crippen LogP contribution in [0.2, 0.25) is 0 Å². The van der Waals surface area contributed by atoms with E-state index in [1.807, 2.05) is 6.07 Å². The predicted octanol–water partition coefficient (Wildman–Crippen LogP) is 1.20. The van der Waals surface area contributed by atoms with Crippen molar-refractivity contribution in [2.75, 3.05) is 38.6 Å². The lowest BCUT2D eigenvalue weighted by atomic mass is 9.75. The number of hydrogen-bond acceptors (Lipinski definition) is 9. The van der Waals surface area contributed by atoms with Crippen LogP contribution in [0.3, 0.4) is 0 Å². The maximum Gasteiger partial charge on any atom is 0.316 e. The maximum atomic E-state index is 6.30. The van der Waals surface area contributed by atoms with E-state index in [1.54, 1.807) is 12.4 Å². The number of nitrogens with zero attached hydrogens (tertiary/aromatic N) is 6. The molecule has 140 valence electrons. The molecule has 1 spiro atoms. The van der Waals surface area contributed by atoms with Gasteiger partial charge in [0.05, 0.1) is 19.3 Å². The smallest absolute Gasteiger partial charge is 0.316 e. The SMILES string of the molecule is COc1ncc(-c2cc(NC3=NCC4(CN5CCC4CC5)O3)ncn2)cn1. The summed E-state index contributed by atoms with van der Waals surface area (Å²) < 4.78 is 11.3. The van der Waals surface area contributed by atoms with E-state index in [-0.39, 0.29) is 5.60 Å². The van der Waals surface area contributed by atoms with Gasteiger partial charge in [0.15, 0.2) is 0 Å². The van der Waals surface area contributed by atoms with Crippen molar-refractivity contribution in [3.8, 4) is 17.3 Å². The largest absolute Gasteiger partial charge is 0.467 e. The van der Waals surface area contributed by atoms with Gasteiger partial charge in [-0.15, -0.1) is 0 Å². The second kappa shape index (κ2) is 6.41. The second-order valence-corrected chi connectivity index (χ2v) is 7.21. The van der Waals surface area contributed by atoms with Crippen molar-refractivity contribution < 1.29 is 9.47 Å². The van der Waals surface area contributed by atoms with Gasteiger partial charge in [-0.25, -0.2) is 24.9 Å². The van der Waals surface area contributed by atoms with Crippen LogP contribution in [0.15, 0.2) is 29.8 Å². The third kappa shape index (κ3) is 2.97. The van der Waals surface area contributed by atoms with Gasteiger partial charge in [-0.2, -0.15) is 0 Å². The molecule has 1 atom stereocenters. The highest BCUT2D eigenvalue weighted by molar-refractivity contribution is 5.90. The van der Waals surface area contributed by atoms with Gasteiger partial charge in [0, 0.05) is 36.5 Å². The van der Waals surface area contributed by atoms with Crippen molar-refractivity contribution in [2.45, 2.75) is 18.4 Å². The lowest BCUT2D eigenvalue weighted by Crippen LogP contribution is -2.61. The van der Waals surface area contributed by atoms with Gasteiger partial charge in [-0.05, 0) is 25.9 Å². The molecule has 1 N–H and O–H groups in total. The van der Waals surface area contributed by atoms with Crippen molar-refractivity contribution in [1.29, 1.82) is 0 Å². The molecule has 2 bridgehead atoms. The summed E-state index contributed by atoms with van der Waals surface area (Å²) in [6, 6.07) is 2.69. The number of ether oxygens (including phenoxy) is 2. The first kappa shape index (κ1) is 16.4. The monoisotopic (exact) mass is 367 g/mol. The molecule has 27 heavy (non-hydrogen) atoms. The molecule has 0 saturated carbocycles. The second-order valence-electron chi connectivity index (χ2n) is 7.21. The third-order valence-corrected chi connectivity index (χ3v) is 5.62. The molecule has 3 fully saturated rings. The minimum absolute atomic E-state index is 0.168. The molecule has 1 unspecified atom stereocenters. The van der Waals surface area contributed by atoms with Crippen LogP contribution in [0.4, 0.5) is 5.82 Å². The molecule has 3 saturated heterocycles. The van der Waals surface area contributed by atoms with E-state index in [4.69, 9.17) is 9.47 Å². The van der Waals surface area contributed by atoms with Gasteiger partial charge < -0.3 is 9.47 Å². The lowest BCUT2D eigenvalue weighted by molar-refractivity contribution is -0.0829. The number of methoxy groups -OCH3 is 1. The van der Waals surface area contributed by atoms with E-state index in [2.05, 4.69) is 35.1 Å². The molecular formula is C18H21N7O2. The summed E-state index contributed by atoms with van der Waals surface area (Å²) in [7, 11) is 1.53. The van der Waals surface area contributed by atoms with Crippen molar-refractivity contribution >= 4 is 11.8 Å². The number of nitrogens with one attached hydrogen (secondary N) is 1. The minimum atomic E-state index is -0.168. The normalized spacial score (nSPS) is 28.7. The Kier molecular flexibility index (Phi) is 3.89. The summed E-state index contributed by atoms with van der Waals surface area (Å²) in [5, 5.41) is 3.20. The Morgan fingerprint density at radius 1 is 1.19 bits per heavy atom. The summed E-state index contributed by atoms with van der Waals surface area (Å²) in [4.78, 5) is 23.9. The molecule has 4 aliphatic heterocycles. The Morgan fingerprint density at radius 2 is 2.00 bits per heavy atom. The molecule has 0 aromatic carbocycles. The molecule has 6 rings (SSSR count). The van der Waals surface area contributed by atoms with Gasteiger partial charge in [0.1, 0.15) is 17.7 Å². The maximum absolute atomic E-state index is 6.30. The van der Waals surface area contributed by atoms with Gasteiger partial charge >= 0.3 is 6.01 Å². The highest BCUT2D eigenvalue weighted by atomic mass is 16.5. The van der Waals surface area contributed by atoms with Gasteiger partial charge in [-0.3, -0.25) is 10.2 Å². The Balaban J connectivity index is 1.30. The van der Waals surface area contributed by atoms with E-state index in [9.17, 15) is 0 Å². The molecule has 0 amide bonds. The predicted molar refractivity (Wildman–Crippen MR) is 98.5 cm³/mol. The number of rotatable bonds is 3. The Morgan fingerprint density at radius 3 is 2.70 bits per heavy atom. The highest BCUT2D eigenvalue weighted by Gasteiger charge is 2.51. The van der Waals surface area contributed by atoms with Crippen LogP contribution in [0.1, 0.15) is 12.8 Å². The molecule has 9 nitrogen and oxygen atoms in total. The fraction of sp³-hybridized carbons (Fsp3) is 0.500. The third-order valence-electron chi connectivity index (χ3n) is 5.62. The van der Waals surface area contributed by atoms with Crippen LogP contribution in [0, 0.1) is 5.92 Å². The average molecular weight is 367 g/mol. The summed E-state index contributed by atoms with van der Waals surface area (Å²) in [5.74, 6) is 1.22. The van der Waals surface area contributed by atoms with Crippen molar-refractivity contribution in [3.05, 3.63) is 24.8 Å². The quantitative estimate of drug-likeness (QED) is 0.864. The fourth-order valence-corrected chi connectivity index (χ4v) is 4.19. The van der Waals surface area contributed by atoms with Crippen LogP contribution in [-0.2, 0) is 4.74 Å². The number of piperidine rings is 3. The molecule has 2 aromatic rings. The standard InChI is InChI=1S/C18H21N7O2/c1-26-16-19-7-12(8-20-16)14-6-15(23-11-22-14)24-17-21-9-18(27-17)10-25-4-2-13(18)3-5-25/h6-8,11,13H,2-5,9-10H2,1H3,(H,21,22,23,24). The number of hydrogen-bond donors (Lipinski definition) is 1. The molecule has 0 radical (unpaired) electrons. The fourth-order valence-electron chi connectivity index (χ4n) is 4.19. The number of aromatic nitrogens is 4. The first-order valence-corrected chi connectivity index (χ1v) is 9.15. The first-order chi connectivity index (χ1) is 13.2. The minimum Gasteiger partial charge on any atom is -0.467 e. The summed E-state index contributed by atoms with van der Waals surface area (Å²) in [5.41, 5.74) is 1.33. The van der Waals surface area contributed by atoms with Crippen LogP contribution < -0.4 is 10.1 Å². The number of amidine groups is 1. The van der Waals surface area contributed by atoms with Crippen LogP contribution in [-0.4, -0.2) is 69.7 Å². The number of aliphatic imine (C=N–C) groups is 1. The van der Waals surface area contributed by atoms with Gasteiger partial charge in [0.2, 0.25) is 0 Å². The number of anilines is 1. The topological polar surface area (TPSA) is 97.7 Å². The molecular weight excluding hydrogens is 346 g/mol. The van der Waals surface area contributed by atoms with Gasteiger partial charge in [0.25, 0.3) is 6.02 Å². The van der Waals surface area contributed by atoms with E-state index in [0.29, 0.717) is 36.0 Å². The zero-order chi connectivity index (χ0) is 18.3. The van der Waals surface area contributed by atoms with Crippen LogP contribution in [0.25, 0.3) is 11.3 Å². The van der Waals surface area contributed by atoms with Gasteiger partial charge in [-0.1, -0.05) is 0 Å². The van der Waals surface area contributed by atoms with Crippen molar-refractivity contribution in [2.24, 2.45) is 10.9 Å². The molecule has 0 aliphatic carbocycles. The lowest BCUT2D eigenvalue weighted by Gasteiger charge is -2.50. The Labute approximate surface area is 156 Å². The average Bonchev–Trinajstić information content (AvgIpc) is 3.11. The van der Waals surface area contributed by atoms with E-state index >= 15 is 0 Å². The molecule has 2 aromatic heterocycles. The van der Waals surface area contributed by atoms with Crippen molar-refractivity contribution in [3.63, 3.8) is 0 Å². The summed E-state index contributed by atoms with van der Waals surface area (Å²) in [6.45, 7) is 4.03.